The third-order valence-corrected chi connectivity index (χ3v) is 3.98. The molecule has 104 valence electrons. The highest BCUT2D eigenvalue weighted by molar-refractivity contribution is 6.18. The van der Waals surface area contributed by atoms with Crippen LogP contribution in [0.25, 0.3) is 0 Å². The lowest BCUT2D eigenvalue weighted by Crippen LogP contribution is -2.37. The first-order valence-corrected chi connectivity index (χ1v) is 6.89. The highest BCUT2D eigenvalue weighted by Crippen LogP contribution is 2.27. The van der Waals surface area contributed by atoms with E-state index in [4.69, 9.17) is 16.3 Å². The lowest BCUT2D eigenvalue weighted by atomic mass is 10.1. The van der Waals surface area contributed by atoms with E-state index in [9.17, 15) is 9.18 Å². The van der Waals surface area contributed by atoms with Gasteiger partial charge in [-0.3, -0.25) is 4.79 Å². The van der Waals surface area contributed by atoms with Crippen LogP contribution < -0.4 is 10.1 Å². The topological polar surface area (TPSA) is 38.3 Å². The van der Waals surface area contributed by atoms with Crippen molar-refractivity contribution in [2.75, 3.05) is 13.0 Å². The predicted octanol–water partition coefficient (Wildman–Crippen LogP) is 2.97. The number of methoxy groups -OCH3 is 1. The molecule has 1 amide bonds. The number of hydrogen-bond acceptors (Lipinski definition) is 2. The van der Waals surface area contributed by atoms with Crippen molar-refractivity contribution in [2.45, 2.75) is 25.3 Å². The van der Waals surface area contributed by atoms with Crippen LogP contribution in [0, 0.1) is 11.7 Å². The molecule has 1 aliphatic carbocycles. The van der Waals surface area contributed by atoms with Crippen LogP contribution in [0.3, 0.4) is 0 Å². The Balaban J connectivity index is 2.05. The molecule has 1 aromatic rings. The zero-order valence-corrected chi connectivity index (χ0v) is 11.5. The molecule has 3 nitrogen and oxygen atoms in total. The second kappa shape index (κ2) is 6.24. The Labute approximate surface area is 117 Å². The second-order valence-corrected chi connectivity index (χ2v) is 5.08. The number of hydrogen-bond donors (Lipinski definition) is 1. The molecule has 0 aliphatic heterocycles. The van der Waals surface area contributed by atoms with Gasteiger partial charge >= 0.3 is 0 Å². The molecule has 1 saturated carbocycles. The Bertz CT molecular complexity index is 467. The van der Waals surface area contributed by atoms with Gasteiger partial charge < -0.3 is 10.1 Å². The maximum atomic E-state index is 13.5. The number of ether oxygens (including phenoxy) is 1. The lowest BCUT2D eigenvalue weighted by Gasteiger charge is -2.19. The van der Waals surface area contributed by atoms with E-state index < -0.39 is 5.82 Å². The monoisotopic (exact) mass is 285 g/mol. The van der Waals surface area contributed by atoms with Gasteiger partial charge in [-0.1, -0.05) is 6.42 Å². The van der Waals surface area contributed by atoms with Gasteiger partial charge in [0, 0.05) is 17.5 Å². The summed E-state index contributed by atoms with van der Waals surface area (Å²) in [6, 6.07) is 4.30. The van der Waals surface area contributed by atoms with Crippen molar-refractivity contribution in [3.05, 3.63) is 29.6 Å². The molecule has 2 unspecified atom stereocenters. The van der Waals surface area contributed by atoms with E-state index in [1.165, 1.54) is 19.2 Å². The summed E-state index contributed by atoms with van der Waals surface area (Å²) in [6.07, 6.45) is 3.03. The Morgan fingerprint density at radius 2 is 2.32 bits per heavy atom. The summed E-state index contributed by atoms with van der Waals surface area (Å²) >= 11 is 5.87. The van der Waals surface area contributed by atoms with E-state index >= 15 is 0 Å². The number of alkyl halides is 1. The molecule has 0 heterocycles. The molecule has 0 radical (unpaired) electrons. The molecule has 0 bridgehead atoms. The molecule has 2 atom stereocenters. The predicted molar refractivity (Wildman–Crippen MR) is 72.3 cm³/mol. The molecule has 1 aliphatic rings. The summed E-state index contributed by atoms with van der Waals surface area (Å²) in [5.74, 6) is 0.200. The van der Waals surface area contributed by atoms with E-state index in [0.29, 0.717) is 17.4 Å². The van der Waals surface area contributed by atoms with E-state index in [0.717, 1.165) is 19.3 Å². The molecular weight excluding hydrogens is 269 g/mol. The minimum absolute atomic E-state index is 0.0927. The average Bonchev–Trinajstić information content (AvgIpc) is 2.85. The third-order valence-electron chi connectivity index (χ3n) is 3.59. The Morgan fingerprint density at radius 1 is 1.53 bits per heavy atom. The summed E-state index contributed by atoms with van der Waals surface area (Å²) in [7, 11) is 1.39. The fourth-order valence-electron chi connectivity index (χ4n) is 2.47. The minimum atomic E-state index is -0.532. The fraction of sp³-hybridized carbons (Fsp3) is 0.500. The molecule has 5 heteroatoms. The van der Waals surface area contributed by atoms with Crippen molar-refractivity contribution in [1.82, 2.24) is 5.32 Å². The molecule has 1 fully saturated rings. The first-order chi connectivity index (χ1) is 9.15. The minimum Gasteiger partial charge on any atom is -0.494 e. The van der Waals surface area contributed by atoms with Crippen LogP contribution in [0.2, 0.25) is 0 Å². The Morgan fingerprint density at radius 3 is 2.95 bits per heavy atom. The third kappa shape index (κ3) is 3.18. The smallest absolute Gasteiger partial charge is 0.251 e. The molecule has 0 saturated heterocycles. The molecule has 0 spiro atoms. The second-order valence-electron chi connectivity index (χ2n) is 4.77. The zero-order chi connectivity index (χ0) is 13.8. The molecule has 2 rings (SSSR count). The van der Waals surface area contributed by atoms with Crippen LogP contribution in [0.5, 0.6) is 5.75 Å². The van der Waals surface area contributed by atoms with Crippen molar-refractivity contribution in [1.29, 1.82) is 0 Å². The highest BCUT2D eigenvalue weighted by atomic mass is 35.5. The molecule has 0 aromatic heterocycles. The van der Waals surface area contributed by atoms with Crippen molar-refractivity contribution >= 4 is 17.5 Å². The molecular formula is C14H17ClFNO2. The highest BCUT2D eigenvalue weighted by Gasteiger charge is 2.28. The maximum absolute atomic E-state index is 13.5. The molecule has 1 N–H and O–H groups in total. The van der Waals surface area contributed by atoms with E-state index in [1.807, 2.05) is 0 Å². The number of rotatable bonds is 4. The van der Waals surface area contributed by atoms with Crippen molar-refractivity contribution in [3.8, 4) is 5.75 Å². The number of nitrogens with one attached hydrogen (secondary N) is 1. The van der Waals surface area contributed by atoms with Crippen LogP contribution in [0.15, 0.2) is 18.2 Å². The fourth-order valence-corrected chi connectivity index (χ4v) is 2.84. The van der Waals surface area contributed by atoms with E-state index in [1.54, 1.807) is 6.07 Å². The summed E-state index contributed by atoms with van der Waals surface area (Å²) in [5.41, 5.74) is 0.304. The van der Waals surface area contributed by atoms with Crippen molar-refractivity contribution in [3.63, 3.8) is 0 Å². The number of benzene rings is 1. The van der Waals surface area contributed by atoms with Gasteiger partial charge in [0.25, 0.3) is 5.91 Å². The summed E-state index contributed by atoms with van der Waals surface area (Å²) in [5, 5.41) is 2.93. The van der Waals surface area contributed by atoms with Gasteiger partial charge in [-0.25, -0.2) is 4.39 Å². The number of halogens is 2. The van der Waals surface area contributed by atoms with Crippen molar-refractivity contribution < 1.29 is 13.9 Å². The van der Waals surface area contributed by atoms with Crippen LogP contribution >= 0.6 is 11.6 Å². The zero-order valence-electron chi connectivity index (χ0n) is 10.8. The molecule has 19 heavy (non-hydrogen) atoms. The van der Waals surface area contributed by atoms with Gasteiger partial charge in [0.15, 0.2) is 11.6 Å². The first kappa shape index (κ1) is 14.1. The van der Waals surface area contributed by atoms with Crippen LogP contribution in [-0.4, -0.2) is 24.9 Å². The van der Waals surface area contributed by atoms with Gasteiger partial charge in [-0.15, -0.1) is 11.6 Å². The lowest BCUT2D eigenvalue weighted by molar-refractivity contribution is 0.0929. The summed E-state index contributed by atoms with van der Waals surface area (Å²) < 4.78 is 18.4. The maximum Gasteiger partial charge on any atom is 0.251 e. The van der Waals surface area contributed by atoms with Crippen molar-refractivity contribution in [2.24, 2.45) is 5.92 Å². The van der Waals surface area contributed by atoms with Crippen LogP contribution in [0.1, 0.15) is 29.6 Å². The summed E-state index contributed by atoms with van der Waals surface area (Å²) in [6.45, 7) is 0. The Hall–Kier alpha value is -1.29. The van der Waals surface area contributed by atoms with Crippen LogP contribution in [-0.2, 0) is 0 Å². The van der Waals surface area contributed by atoms with Gasteiger partial charge in [0.1, 0.15) is 0 Å². The van der Waals surface area contributed by atoms with E-state index in [2.05, 4.69) is 5.32 Å². The number of amides is 1. The quantitative estimate of drug-likeness (QED) is 0.864. The largest absolute Gasteiger partial charge is 0.494 e. The SMILES string of the molecule is COc1ccc(C(=O)NC2CCCC2CCl)cc1F. The average molecular weight is 286 g/mol. The first-order valence-electron chi connectivity index (χ1n) is 6.36. The summed E-state index contributed by atoms with van der Waals surface area (Å²) in [4.78, 5) is 12.1. The van der Waals surface area contributed by atoms with Gasteiger partial charge in [0.05, 0.1) is 7.11 Å². The number of carbonyl (C=O) groups excluding carboxylic acids is 1. The van der Waals surface area contributed by atoms with E-state index in [-0.39, 0.29) is 17.7 Å². The standard InChI is InChI=1S/C14H17ClFNO2/c1-19-13-6-5-9(7-11(13)16)14(18)17-12-4-2-3-10(12)8-15/h5-7,10,12H,2-4,8H2,1H3,(H,17,18). The van der Waals surface area contributed by atoms with Crippen LogP contribution in [0.4, 0.5) is 4.39 Å². The van der Waals surface area contributed by atoms with Gasteiger partial charge in [0.2, 0.25) is 0 Å². The molecule has 1 aromatic carbocycles. The Kier molecular flexibility index (Phi) is 4.64. The van der Waals surface area contributed by atoms with Gasteiger partial charge in [-0.05, 0) is 37.0 Å². The number of carbonyl (C=O) groups is 1. The van der Waals surface area contributed by atoms with Gasteiger partial charge in [-0.2, -0.15) is 0 Å². The normalized spacial score (nSPS) is 22.3.